The summed E-state index contributed by atoms with van der Waals surface area (Å²) in [7, 11) is 5.20. The number of piperidine rings is 2. The predicted molar refractivity (Wildman–Crippen MR) is 176 cm³/mol. The van der Waals surface area contributed by atoms with Crippen LogP contribution < -0.4 is 9.80 Å². The number of benzene rings is 2. The zero-order chi connectivity index (χ0) is 29.9. The predicted octanol–water partition coefficient (Wildman–Crippen LogP) is 4.56. The topological polar surface area (TPSA) is 24.9 Å². The number of para-hydroxylation sites is 2. The maximum absolute atomic E-state index is 7.44. The van der Waals surface area contributed by atoms with E-state index in [0.717, 1.165) is 13.2 Å². The molecule has 4 bridgehead atoms. The minimum Gasteiger partial charge on any atom is -0.354 e. The summed E-state index contributed by atoms with van der Waals surface area (Å²) in [5.41, 5.74) is 9.97. The van der Waals surface area contributed by atoms with Gasteiger partial charge in [-0.2, -0.15) is 0 Å². The summed E-state index contributed by atoms with van der Waals surface area (Å²) in [6.45, 7) is 6.48. The van der Waals surface area contributed by atoms with E-state index in [4.69, 9.17) is 9.47 Å². The lowest BCUT2D eigenvalue weighted by molar-refractivity contribution is -0.925. The molecule has 11 aliphatic rings. The number of rotatable bonds is 0. The van der Waals surface area contributed by atoms with Gasteiger partial charge in [-0.15, -0.1) is 0 Å². The van der Waals surface area contributed by atoms with Crippen molar-refractivity contribution in [3.05, 3.63) is 83.0 Å². The number of likely N-dealkylation sites (N-methyl/N-ethyl adjacent to an activating group) is 2. The molecule has 2 saturated carbocycles. The van der Waals surface area contributed by atoms with Crippen LogP contribution in [0.2, 0.25) is 0 Å². The van der Waals surface area contributed by atoms with E-state index in [9.17, 15) is 0 Å². The molecular weight excluding hydrogens is 568 g/mol. The van der Waals surface area contributed by atoms with Crippen molar-refractivity contribution in [3.8, 4) is 0 Å². The molecule has 14 atom stereocenters. The van der Waals surface area contributed by atoms with Crippen LogP contribution in [0, 0.1) is 23.7 Å². The third-order valence-corrected chi connectivity index (χ3v) is 16.9. The van der Waals surface area contributed by atoms with E-state index in [0.29, 0.717) is 47.8 Å². The van der Waals surface area contributed by atoms with Crippen molar-refractivity contribution in [2.75, 3.05) is 63.3 Å². The first-order valence-corrected chi connectivity index (χ1v) is 18.5. The van der Waals surface area contributed by atoms with Crippen molar-refractivity contribution in [3.63, 3.8) is 0 Å². The molecule has 5 saturated heterocycles. The molecule has 2 aromatic carbocycles. The molecule has 13 rings (SSSR count). The summed E-state index contributed by atoms with van der Waals surface area (Å²) in [6, 6.07) is 21.5. The second-order valence-electron chi connectivity index (χ2n) is 17.9. The van der Waals surface area contributed by atoms with Gasteiger partial charge in [0.15, 0.2) is 0 Å². The van der Waals surface area contributed by atoms with E-state index in [1.165, 1.54) is 72.2 Å². The van der Waals surface area contributed by atoms with Crippen molar-refractivity contribution < 1.29 is 18.4 Å². The van der Waals surface area contributed by atoms with Crippen LogP contribution in [-0.2, 0) is 20.3 Å². The fourth-order valence-corrected chi connectivity index (χ4v) is 15.7. The van der Waals surface area contributed by atoms with Crippen LogP contribution in [0.15, 0.2) is 71.8 Å². The van der Waals surface area contributed by atoms with Crippen molar-refractivity contribution in [1.29, 1.82) is 0 Å². The van der Waals surface area contributed by atoms with E-state index in [1.807, 2.05) is 0 Å². The summed E-state index contributed by atoms with van der Waals surface area (Å²) < 4.78 is 17.3. The number of quaternary nitrogens is 2. The fourth-order valence-electron chi connectivity index (χ4n) is 15.7. The summed E-state index contributed by atoms with van der Waals surface area (Å²) in [5.74, 6) is 1.97. The number of anilines is 2. The molecule has 236 valence electrons. The lowest BCUT2D eigenvalue weighted by atomic mass is 9.52. The molecular formula is C40H46N4O2+2. The Morgan fingerprint density at radius 3 is 1.59 bits per heavy atom. The van der Waals surface area contributed by atoms with Gasteiger partial charge in [-0.05, 0) is 34.4 Å². The Hall–Kier alpha value is -2.64. The third-order valence-electron chi connectivity index (χ3n) is 16.9. The van der Waals surface area contributed by atoms with Gasteiger partial charge in [-0.25, -0.2) is 0 Å². The molecule has 0 aromatic heterocycles. The Bertz CT molecular complexity index is 1710. The Morgan fingerprint density at radius 1 is 0.652 bits per heavy atom. The standard InChI is InChI=1S/C40H46N4O2/c1-43-15-13-39-27-7-3-5-9-29(27)41-35(39)33-25(19-31(39)43)23(21-43)11-17-45-37(33)42-30-10-6-4-8-28(30)40-14-16-44(2)22-24-12-18-46-38(41)34(36(40)42)26(24)20-32(40)44/h3-12,25-26,31-38H,13-22H2,1-2H3/q+2/t25-,26-,31-,32-,33+,34+,35-,36-,37+,38+,39+,40+,43?,44?/m0/s1. The maximum atomic E-state index is 7.44. The van der Waals surface area contributed by atoms with E-state index in [1.54, 1.807) is 22.3 Å². The fraction of sp³-hybridized carbons (Fsp3) is 0.600. The highest BCUT2D eigenvalue weighted by Gasteiger charge is 2.80. The summed E-state index contributed by atoms with van der Waals surface area (Å²) in [6.07, 6.45) is 10.4. The van der Waals surface area contributed by atoms with Crippen LogP contribution in [0.25, 0.3) is 0 Å². The van der Waals surface area contributed by atoms with Gasteiger partial charge < -0.3 is 28.2 Å². The number of nitrogens with zero attached hydrogens (tertiary/aromatic N) is 4. The number of hydrogen-bond donors (Lipinski definition) is 0. The van der Waals surface area contributed by atoms with Crippen LogP contribution in [-0.4, -0.2) is 99.1 Å². The molecule has 0 radical (unpaired) electrons. The van der Waals surface area contributed by atoms with E-state index in [-0.39, 0.29) is 23.3 Å². The Labute approximate surface area is 272 Å². The molecule has 0 amide bonds. The second-order valence-corrected chi connectivity index (χ2v) is 17.9. The van der Waals surface area contributed by atoms with Crippen LogP contribution in [0.4, 0.5) is 11.4 Å². The van der Waals surface area contributed by atoms with Crippen LogP contribution >= 0.6 is 0 Å². The van der Waals surface area contributed by atoms with E-state index < -0.39 is 0 Å². The minimum atomic E-state index is 0.0798. The molecule has 7 fully saturated rings. The highest BCUT2D eigenvalue weighted by molar-refractivity contribution is 5.71. The lowest BCUT2D eigenvalue weighted by Crippen LogP contribution is -2.77. The molecule has 46 heavy (non-hydrogen) atoms. The lowest BCUT2D eigenvalue weighted by Gasteiger charge is -2.65. The van der Waals surface area contributed by atoms with Crippen molar-refractivity contribution in [1.82, 2.24) is 0 Å². The SMILES string of the molecule is C[N+]12CC[C@@]34c5ccccc5N5[C@@H]6OCC=C7C[N+]8(C)CC[C@]9%10c%11ccccc%11N([C@@H]%11OCC=C(C1)[C@H](C[C@@H]32)[C@@H]%11[C@H]54)[C@H]9[C@H]6[C@H]7C[C@@H]%108. The molecule has 2 spiro atoms. The number of hydrogen-bond acceptors (Lipinski definition) is 4. The molecule has 6 nitrogen and oxygen atoms in total. The average molecular weight is 615 g/mol. The van der Waals surface area contributed by atoms with Gasteiger partial charge in [-0.1, -0.05) is 48.6 Å². The quantitative estimate of drug-likeness (QED) is 0.321. The van der Waals surface area contributed by atoms with Crippen LogP contribution in [0.1, 0.15) is 36.8 Å². The number of fused-ring (bicyclic) bond motifs is 6. The van der Waals surface area contributed by atoms with Gasteiger partial charge in [0.05, 0.1) is 63.3 Å². The largest absolute Gasteiger partial charge is 0.354 e. The van der Waals surface area contributed by atoms with Crippen molar-refractivity contribution >= 4 is 11.4 Å². The summed E-state index contributed by atoms with van der Waals surface area (Å²) in [5, 5.41) is 0. The summed E-state index contributed by atoms with van der Waals surface area (Å²) in [4.78, 5) is 5.96. The Balaban J connectivity index is 1.15. The van der Waals surface area contributed by atoms with Gasteiger partial charge >= 0.3 is 0 Å². The van der Waals surface area contributed by atoms with E-state index in [2.05, 4.69) is 84.6 Å². The minimum absolute atomic E-state index is 0.0798. The van der Waals surface area contributed by atoms with Gasteiger partial charge in [0.25, 0.3) is 0 Å². The van der Waals surface area contributed by atoms with Crippen LogP contribution in [0.3, 0.4) is 0 Å². The highest BCUT2D eigenvalue weighted by Crippen LogP contribution is 2.72. The first kappa shape index (κ1) is 25.4. The Morgan fingerprint density at radius 2 is 1.11 bits per heavy atom. The van der Waals surface area contributed by atoms with Gasteiger partial charge in [0.2, 0.25) is 0 Å². The van der Waals surface area contributed by atoms with Gasteiger partial charge in [-0.3, -0.25) is 0 Å². The molecule has 2 unspecified atom stereocenters. The first-order valence-electron chi connectivity index (χ1n) is 18.5. The Kier molecular flexibility index (Phi) is 4.22. The maximum Gasteiger partial charge on any atom is 0.136 e. The monoisotopic (exact) mass is 614 g/mol. The molecule has 2 aliphatic carbocycles. The molecule has 2 aromatic rings. The van der Waals surface area contributed by atoms with Gasteiger partial charge in [0, 0.05) is 60.7 Å². The molecule has 0 N–H and O–H groups in total. The third kappa shape index (κ3) is 2.41. The smallest absolute Gasteiger partial charge is 0.136 e. The second kappa shape index (κ2) is 7.64. The van der Waals surface area contributed by atoms with E-state index >= 15 is 0 Å². The summed E-state index contributed by atoms with van der Waals surface area (Å²) >= 11 is 0. The zero-order valence-corrected chi connectivity index (χ0v) is 27.2. The number of ether oxygens (including phenoxy) is 2. The zero-order valence-electron chi connectivity index (χ0n) is 27.2. The molecule has 9 heterocycles. The average Bonchev–Trinajstić information content (AvgIpc) is 3.66. The van der Waals surface area contributed by atoms with Gasteiger partial charge in [0.1, 0.15) is 37.6 Å². The van der Waals surface area contributed by atoms with Crippen molar-refractivity contribution in [2.45, 2.75) is 73.1 Å². The molecule has 9 aliphatic heterocycles. The first-order chi connectivity index (χ1) is 22.5. The normalized spacial score (nSPS) is 53.3. The van der Waals surface area contributed by atoms with Crippen LogP contribution in [0.5, 0.6) is 0 Å². The highest BCUT2D eigenvalue weighted by atomic mass is 16.5. The molecule has 6 heteroatoms. The van der Waals surface area contributed by atoms with Crippen molar-refractivity contribution in [2.24, 2.45) is 23.7 Å².